The molecule has 1 unspecified atom stereocenters. The smallest absolute Gasteiger partial charge is 0.337 e. The van der Waals surface area contributed by atoms with Gasteiger partial charge in [-0.3, -0.25) is 4.79 Å². The van der Waals surface area contributed by atoms with E-state index in [9.17, 15) is 14.7 Å². The van der Waals surface area contributed by atoms with Crippen LogP contribution >= 0.6 is 0 Å². The Morgan fingerprint density at radius 3 is 2.44 bits per heavy atom. The van der Waals surface area contributed by atoms with Crippen LogP contribution < -0.4 is 5.56 Å². The molecule has 1 rings (SSSR count). The Morgan fingerprint density at radius 2 is 2.00 bits per heavy atom. The third-order valence-corrected chi connectivity index (χ3v) is 2.98. The third kappa shape index (κ3) is 2.79. The Labute approximate surface area is 107 Å². The molecule has 0 saturated heterocycles. The second kappa shape index (κ2) is 5.35. The van der Waals surface area contributed by atoms with Gasteiger partial charge in [0.05, 0.1) is 5.56 Å². The van der Waals surface area contributed by atoms with Crippen molar-refractivity contribution in [2.45, 2.75) is 26.8 Å². The second-order valence-electron chi connectivity index (χ2n) is 4.91. The Morgan fingerprint density at radius 1 is 1.44 bits per heavy atom. The van der Waals surface area contributed by atoms with Crippen LogP contribution in [0.4, 0.5) is 0 Å². The molecule has 100 valence electrons. The maximum absolute atomic E-state index is 12.0. The van der Waals surface area contributed by atoms with E-state index < -0.39 is 5.97 Å². The Hall–Kier alpha value is -1.62. The van der Waals surface area contributed by atoms with E-state index in [1.165, 1.54) is 6.07 Å². The number of aryl methyl sites for hydroxylation is 1. The van der Waals surface area contributed by atoms with Gasteiger partial charge in [-0.05, 0) is 40.4 Å². The number of aromatic nitrogens is 1. The fraction of sp³-hybridized carbons (Fsp3) is 0.538. The number of carboxylic acid groups (broad SMARTS) is 1. The summed E-state index contributed by atoms with van der Waals surface area (Å²) in [6.45, 7) is 5.93. The molecular formula is C13H20N2O3. The number of likely N-dealkylation sites (N-methyl/N-ethyl adjacent to an activating group) is 1. The van der Waals surface area contributed by atoms with Crippen molar-refractivity contribution in [3.8, 4) is 0 Å². The van der Waals surface area contributed by atoms with Gasteiger partial charge in [0.2, 0.25) is 0 Å². The molecule has 0 aromatic carbocycles. The summed E-state index contributed by atoms with van der Waals surface area (Å²) < 4.78 is 1.55. The van der Waals surface area contributed by atoms with Crippen LogP contribution in [0.15, 0.2) is 10.9 Å². The molecule has 1 heterocycles. The Kier molecular flexibility index (Phi) is 4.29. The highest BCUT2D eigenvalue weighted by Crippen LogP contribution is 2.15. The molecule has 1 atom stereocenters. The van der Waals surface area contributed by atoms with Gasteiger partial charge in [0.15, 0.2) is 0 Å². The van der Waals surface area contributed by atoms with Crippen molar-refractivity contribution in [2.75, 3.05) is 20.6 Å². The summed E-state index contributed by atoms with van der Waals surface area (Å²) in [4.78, 5) is 25.2. The highest BCUT2D eigenvalue weighted by atomic mass is 16.4. The van der Waals surface area contributed by atoms with Crippen LogP contribution in [0, 0.1) is 13.8 Å². The van der Waals surface area contributed by atoms with Crippen molar-refractivity contribution < 1.29 is 9.90 Å². The molecule has 1 N–H and O–H groups in total. The molecule has 18 heavy (non-hydrogen) atoms. The summed E-state index contributed by atoms with van der Waals surface area (Å²) in [7, 11) is 3.84. The summed E-state index contributed by atoms with van der Waals surface area (Å²) in [5.41, 5.74) is 1.10. The van der Waals surface area contributed by atoms with Crippen molar-refractivity contribution in [3.05, 3.63) is 33.2 Å². The Balaban J connectivity index is 3.41. The van der Waals surface area contributed by atoms with Gasteiger partial charge in [0.25, 0.3) is 5.56 Å². The quantitative estimate of drug-likeness (QED) is 0.877. The van der Waals surface area contributed by atoms with E-state index in [-0.39, 0.29) is 17.2 Å². The predicted molar refractivity (Wildman–Crippen MR) is 70.4 cm³/mol. The van der Waals surface area contributed by atoms with Gasteiger partial charge in [-0.25, -0.2) is 4.79 Å². The van der Waals surface area contributed by atoms with E-state index in [2.05, 4.69) is 0 Å². The van der Waals surface area contributed by atoms with Gasteiger partial charge < -0.3 is 14.6 Å². The van der Waals surface area contributed by atoms with Gasteiger partial charge in [0, 0.05) is 24.3 Å². The first-order chi connectivity index (χ1) is 8.25. The largest absolute Gasteiger partial charge is 0.478 e. The molecule has 5 nitrogen and oxygen atoms in total. The average Bonchev–Trinajstić information content (AvgIpc) is 2.13. The summed E-state index contributed by atoms with van der Waals surface area (Å²) in [6.07, 6.45) is 0. The number of rotatable bonds is 4. The summed E-state index contributed by atoms with van der Waals surface area (Å²) in [5.74, 6) is -0.990. The minimum atomic E-state index is -0.990. The van der Waals surface area contributed by atoms with Crippen LogP contribution in [0.5, 0.6) is 0 Å². The number of aromatic carboxylic acids is 1. The molecule has 0 aliphatic rings. The van der Waals surface area contributed by atoms with Crippen molar-refractivity contribution in [1.29, 1.82) is 0 Å². The third-order valence-electron chi connectivity index (χ3n) is 2.98. The lowest BCUT2D eigenvalue weighted by Gasteiger charge is -2.23. The fourth-order valence-corrected chi connectivity index (χ4v) is 2.38. The summed E-state index contributed by atoms with van der Waals surface area (Å²) >= 11 is 0. The molecule has 0 bridgehead atoms. The van der Waals surface area contributed by atoms with Crippen molar-refractivity contribution in [2.24, 2.45) is 0 Å². The zero-order valence-corrected chi connectivity index (χ0v) is 11.5. The van der Waals surface area contributed by atoms with E-state index in [1.807, 2.05) is 25.9 Å². The molecule has 0 radical (unpaired) electrons. The molecule has 0 amide bonds. The van der Waals surface area contributed by atoms with Crippen molar-refractivity contribution in [3.63, 3.8) is 0 Å². The normalized spacial score (nSPS) is 12.8. The summed E-state index contributed by atoms with van der Waals surface area (Å²) in [6, 6.07) is 1.33. The monoisotopic (exact) mass is 252 g/mol. The number of hydrogen-bond acceptors (Lipinski definition) is 3. The van der Waals surface area contributed by atoms with Gasteiger partial charge in [-0.2, -0.15) is 0 Å². The molecule has 0 spiro atoms. The second-order valence-corrected chi connectivity index (χ2v) is 4.91. The van der Waals surface area contributed by atoms with Crippen LogP contribution in [-0.2, 0) is 0 Å². The van der Waals surface area contributed by atoms with E-state index in [1.54, 1.807) is 18.4 Å². The van der Waals surface area contributed by atoms with Gasteiger partial charge >= 0.3 is 5.97 Å². The first-order valence-electron chi connectivity index (χ1n) is 5.86. The van der Waals surface area contributed by atoms with E-state index in [0.29, 0.717) is 17.8 Å². The molecule has 0 saturated carbocycles. The zero-order chi connectivity index (χ0) is 14.0. The molecule has 0 aliphatic carbocycles. The number of carbonyl (C=O) groups is 1. The minimum absolute atomic E-state index is 0.0637. The number of pyridine rings is 1. The lowest BCUT2D eigenvalue weighted by molar-refractivity contribution is 0.0693. The van der Waals surface area contributed by atoms with Crippen LogP contribution in [0.3, 0.4) is 0 Å². The maximum Gasteiger partial charge on any atom is 0.337 e. The van der Waals surface area contributed by atoms with Crippen LogP contribution in [-0.4, -0.2) is 41.2 Å². The SMILES string of the molecule is Cc1cc(=O)n(C(C)CN(C)C)c(C)c1C(=O)O. The topological polar surface area (TPSA) is 62.5 Å². The highest BCUT2D eigenvalue weighted by Gasteiger charge is 2.18. The molecule has 1 aromatic rings. The minimum Gasteiger partial charge on any atom is -0.478 e. The van der Waals surface area contributed by atoms with Crippen LogP contribution in [0.2, 0.25) is 0 Å². The first kappa shape index (κ1) is 14.4. The van der Waals surface area contributed by atoms with E-state index >= 15 is 0 Å². The van der Waals surface area contributed by atoms with Crippen LogP contribution in [0.25, 0.3) is 0 Å². The number of carboxylic acids is 1. The van der Waals surface area contributed by atoms with Crippen molar-refractivity contribution in [1.82, 2.24) is 9.47 Å². The number of hydrogen-bond donors (Lipinski definition) is 1. The first-order valence-corrected chi connectivity index (χ1v) is 5.86. The molecular weight excluding hydrogens is 232 g/mol. The van der Waals surface area contributed by atoms with Crippen LogP contribution in [0.1, 0.15) is 34.6 Å². The average molecular weight is 252 g/mol. The number of nitrogens with zero attached hydrogens (tertiary/aromatic N) is 2. The predicted octanol–water partition coefficient (Wildman–Crippen LogP) is 1.29. The Bertz CT molecular complexity index is 518. The highest BCUT2D eigenvalue weighted by molar-refractivity contribution is 5.90. The molecule has 5 heteroatoms. The maximum atomic E-state index is 12.0. The van der Waals surface area contributed by atoms with Gasteiger partial charge in [0.1, 0.15) is 0 Å². The standard InChI is InChI=1S/C13H20N2O3/c1-8-6-11(16)15(9(2)7-14(4)5)10(3)12(8)13(17)18/h6,9H,7H2,1-5H3,(H,17,18). The summed E-state index contributed by atoms with van der Waals surface area (Å²) in [5, 5.41) is 9.20. The zero-order valence-electron chi connectivity index (χ0n) is 11.5. The van der Waals surface area contributed by atoms with Gasteiger partial charge in [-0.1, -0.05) is 0 Å². The van der Waals surface area contributed by atoms with E-state index in [0.717, 1.165) is 0 Å². The fourth-order valence-electron chi connectivity index (χ4n) is 2.38. The van der Waals surface area contributed by atoms with E-state index in [4.69, 9.17) is 0 Å². The molecule has 0 fully saturated rings. The molecule has 1 aromatic heterocycles. The lowest BCUT2D eigenvalue weighted by Crippen LogP contribution is -2.33. The van der Waals surface area contributed by atoms with Crippen molar-refractivity contribution >= 4 is 5.97 Å². The lowest BCUT2D eigenvalue weighted by atomic mass is 10.1. The molecule has 0 aliphatic heterocycles. The van der Waals surface area contributed by atoms with Gasteiger partial charge in [-0.15, -0.1) is 0 Å².